The van der Waals surface area contributed by atoms with E-state index >= 15 is 0 Å². The van der Waals surface area contributed by atoms with Crippen LogP contribution < -0.4 is 0 Å². The lowest BCUT2D eigenvalue weighted by Gasteiger charge is -2.18. The van der Waals surface area contributed by atoms with Crippen molar-refractivity contribution in [3.63, 3.8) is 0 Å². The molecule has 0 atom stereocenters. The van der Waals surface area contributed by atoms with Gasteiger partial charge in [-0.05, 0) is 23.1 Å². The van der Waals surface area contributed by atoms with Crippen LogP contribution in [0.5, 0.6) is 0 Å². The summed E-state index contributed by atoms with van der Waals surface area (Å²) in [6.45, 7) is 6.61. The summed E-state index contributed by atoms with van der Waals surface area (Å²) in [5.41, 5.74) is 6.01. The van der Waals surface area contributed by atoms with Gasteiger partial charge in [0, 0.05) is 16.5 Å². The zero-order valence-electron chi connectivity index (χ0n) is 17.8. The van der Waals surface area contributed by atoms with Crippen LogP contribution in [0.3, 0.4) is 0 Å². The van der Waals surface area contributed by atoms with Crippen LogP contribution in [0.1, 0.15) is 26.3 Å². The number of pyridine rings is 1. The van der Waals surface area contributed by atoms with Crippen molar-refractivity contribution >= 4 is 10.9 Å². The third-order valence-electron chi connectivity index (χ3n) is 5.45. The van der Waals surface area contributed by atoms with E-state index < -0.39 is 0 Å². The Balaban J connectivity index is 1.60. The van der Waals surface area contributed by atoms with Gasteiger partial charge in [0.05, 0.1) is 16.8 Å². The predicted molar refractivity (Wildman–Crippen MR) is 125 cm³/mol. The third-order valence-corrected chi connectivity index (χ3v) is 5.45. The topological polar surface area (TPSA) is 51.8 Å². The first-order valence-corrected chi connectivity index (χ1v) is 10.4. The van der Waals surface area contributed by atoms with Gasteiger partial charge >= 0.3 is 0 Å². The second kappa shape index (κ2) is 7.47. The van der Waals surface area contributed by atoms with Crippen molar-refractivity contribution in [2.75, 3.05) is 0 Å². The summed E-state index contributed by atoms with van der Waals surface area (Å²) in [7, 11) is 0. The molecule has 0 aliphatic rings. The van der Waals surface area contributed by atoms with E-state index in [0.29, 0.717) is 11.7 Å². The molecule has 0 N–H and O–H groups in total. The van der Waals surface area contributed by atoms with Gasteiger partial charge < -0.3 is 4.52 Å². The number of hydrogen-bond acceptors (Lipinski definition) is 4. The first-order valence-electron chi connectivity index (χ1n) is 10.4. The summed E-state index contributed by atoms with van der Waals surface area (Å²) in [5, 5.41) is 5.24. The Bertz CT molecular complexity index is 1350. The molecule has 0 aliphatic heterocycles. The lowest BCUT2D eigenvalue weighted by atomic mass is 9.87. The van der Waals surface area contributed by atoms with Crippen molar-refractivity contribution < 1.29 is 4.52 Å². The molecule has 4 nitrogen and oxygen atoms in total. The maximum absolute atomic E-state index is 5.71. The van der Waals surface area contributed by atoms with Gasteiger partial charge in [-0.1, -0.05) is 98.7 Å². The van der Waals surface area contributed by atoms with Crippen LogP contribution in [0.4, 0.5) is 0 Å². The Hall–Kier alpha value is -3.79. The fourth-order valence-corrected chi connectivity index (χ4v) is 3.68. The largest absolute Gasteiger partial charge is 0.334 e. The lowest BCUT2D eigenvalue weighted by molar-refractivity contribution is 0.432. The van der Waals surface area contributed by atoms with Gasteiger partial charge in [0.15, 0.2) is 0 Å². The number of aromatic nitrogens is 3. The van der Waals surface area contributed by atoms with E-state index in [-0.39, 0.29) is 5.41 Å². The molecule has 4 heteroatoms. The molecule has 0 saturated carbocycles. The first-order chi connectivity index (χ1) is 15.0. The Morgan fingerprint density at radius 1 is 0.710 bits per heavy atom. The minimum absolute atomic E-state index is 0.102. The van der Waals surface area contributed by atoms with Gasteiger partial charge in [0.25, 0.3) is 5.89 Å². The molecule has 0 aliphatic carbocycles. The Morgan fingerprint density at radius 2 is 1.42 bits per heavy atom. The molecule has 0 fully saturated rings. The van der Waals surface area contributed by atoms with Gasteiger partial charge in [-0.3, -0.25) is 0 Å². The monoisotopic (exact) mass is 405 g/mol. The molecule has 5 rings (SSSR count). The highest BCUT2D eigenvalue weighted by atomic mass is 16.5. The molecule has 152 valence electrons. The number of nitrogens with zero attached hydrogens (tertiary/aromatic N) is 3. The van der Waals surface area contributed by atoms with E-state index in [2.05, 4.69) is 62.3 Å². The van der Waals surface area contributed by atoms with Crippen LogP contribution in [-0.4, -0.2) is 15.1 Å². The number of rotatable bonds is 3. The molecule has 3 aromatic carbocycles. The van der Waals surface area contributed by atoms with Crippen LogP contribution in [-0.2, 0) is 5.41 Å². The Morgan fingerprint density at radius 3 is 2.16 bits per heavy atom. The third kappa shape index (κ3) is 3.73. The van der Waals surface area contributed by atoms with E-state index in [1.807, 2.05) is 48.5 Å². The summed E-state index contributed by atoms with van der Waals surface area (Å²) in [5.74, 6) is 1.07. The smallest absolute Gasteiger partial charge is 0.259 e. The Kier molecular flexibility index (Phi) is 4.63. The van der Waals surface area contributed by atoms with Crippen LogP contribution in [0.15, 0.2) is 89.5 Å². The minimum atomic E-state index is 0.102. The van der Waals surface area contributed by atoms with Crippen molar-refractivity contribution in [3.8, 4) is 34.1 Å². The van der Waals surface area contributed by atoms with Crippen molar-refractivity contribution in [3.05, 3.63) is 90.5 Å². The highest BCUT2D eigenvalue weighted by Crippen LogP contribution is 2.32. The maximum atomic E-state index is 5.71. The van der Waals surface area contributed by atoms with Crippen molar-refractivity contribution in [1.29, 1.82) is 0 Å². The highest BCUT2D eigenvalue weighted by Gasteiger charge is 2.17. The fourth-order valence-electron chi connectivity index (χ4n) is 3.68. The second-order valence-corrected chi connectivity index (χ2v) is 8.69. The maximum Gasteiger partial charge on any atom is 0.259 e. The standard InChI is InChI=1S/C27H23N3O/c1-27(2,3)20-15-13-19(14-16-20)25-29-26(31-30-25)22-17-24(18-9-5-4-6-10-18)28-23-12-8-7-11-21(22)23/h4-17H,1-3H3. The SMILES string of the molecule is CC(C)(C)c1ccc(-c2noc(-c3cc(-c4ccccc4)nc4ccccc34)n2)cc1. The number of hydrogen-bond donors (Lipinski definition) is 0. The average Bonchev–Trinajstić information content (AvgIpc) is 3.28. The van der Waals surface area contributed by atoms with E-state index in [9.17, 15) is 0 Å². The van der Waals surface area contributed by atoms with Crippen molar-refractivity contribution in [1.82, 2.24) is 15.1 Å². The van der Waals surface area contributed by atoms with Crippen LogP contribution in [0, 0.1) is 0 Å². The number of fused-ring (bicyclic) bond motifs is 1. The second-order valence-electron chi connectivity index (χ2n) is 8.69. The molecule has 5 aromatic rings. The molecular formula is C27H23N3O. The molecule has 2 aromatic heterocycles. The zero-order valence-corrected chi connectivity index (χ0v) is 17.8. The number of benzene rings is 3. The van der Waals surface area contributed by atoms with E-state index in [4.69, 9.17) is 14.5 Å². The molecule has 0 amide bonds. The van der Waals surface area contributed by atoms with E-state index in [0.717, 1.165) is 33.3 Å². The summed E-state index contributed by atoms with van der Waals surface area (Å²) in [6.07, 6.45) is 0. The summed E-state index contributed by atoms with van der Waals surface area (Å²) in [4.78, 5) is 9.56. The Labute approximate surface area is 181 Å². The van der Waals surface area contributed by atoms with Gasteiger partial charge in [0.2, 0.25) is 5.82 Å². The summed E-state index contributed by atoms with van der Waals surface area (Å²) >= 11 is 0. The van der Waals surface area contributed by atoms with E-state index in [1.54, 1.807) is 0 Å². The quantitative estimate of drug-likeness (QED) is 0.327. The van der Waals surface area contributed by atoms with Crippen molar-refractivity contribution in [2.45, 2.75) is 26.2 Å². The van der Waals surface area contributed by atoms with Crippen LogP contribution in [0.25, 0.3) is 45.0 Å². The molecule has 0 saturated heterocycles. The predicted octanol–water partition coefficient (Wildman–Crippen LogP) is 6.92. The molecule has 2 heterocycles. The molecule has 0 bridgehead atoms. The van der Waals surface area contributed by atoms with Crippen LogP contribution >= 0.6 is 0 Å². The van der Waals surface area contributed by atoms with Gasteiger partial charge in [-0.25, -0.2) is 4.98 Å². The molecule has 0 spiro atoms. The fraction of sp³-hybridized carbons (Fsp3) is 0.148. The minimum Gasteiger partial charge on any atom is -0.334 e. The first kappa shape index (κ1) is 19.2. The zero-order chi connectivity index (χ0) is 21.4. The van der Waals surface area contributed by atoms with E-state index in [1.165, 1.54) is 5.56 Å². The van der Waals surface area contributed by atoms with Gasteiger partial charge in [0.1, 0.15) is 0 Å². The highest BCUT2D eigenvalue weighted by molar-refractivity contribution is 5.94. The van der Waals surface area contributed by atoms with Crippen molar-refractivity contribution in [2.24, 2.45) is 0 Å². The van der Waals surface area contributed by atoms with Crippen LogP contribution in [0.2, 0.25) is 0 Å². The van der Waals surface area contributed by atoms with Gasteiger partial charge in [-0.15, -0.1) is 0 Å². The number of para-hydroxylation sites is 1. The summed E-state index contributed by atoms with van der Waals surface area (Å²) < 4.78 is 5.71. The molecule has 0 unspecified atom stereocenters. The average molecular weight is 406 g/mol. The van der Waals surface area contributed by atoms with Gasteiger partial charge in [-0.2, -0.15) is 4.98 Å². The molecule has 31 heavy (non-hydrogen) atoms. The summed E-state index contributed by atoms with van der Waals surface area (Å²) in [6, 6.07) is 28.5. The normalized spacial score (nSPS) is 11.7. The lowest BCUT2D eigenvalue weighted by Crippen LogP contribution is -2.10. The molecular weight excluding hydrogens is 382 g/mol. The molecule has 0 radical (unpaired) electrons.